The molecule has 0 radical (unpaired) electrons. The number of aryl methyl sites for hydroxylation is 1. The summed E-state index contributed by atoms with van der Waals surface area (Å²) in [4.78, 5) is 16.8. The molecule has 1 heterocycles. The van der Waals surface area contributed by atoms with E-state index in [-0.39, 0.29) is 11.3 Å². The predicted octanol–water partition coefficient (Wildman–Crippen LogP) is 6.47. The van der Waals surface area contributed by atoms with Crippen molar-refractivity contribution in [3.8, 4) is 17.2 Å². The number of anilines is 1. The lowest BCUT2D eigenvalue weighted by Gasteiger charge is -2.36. The Morgan fingerprint density at radius 1 is 1.32 bits per heavy atom. The van der Waals surface area contributed by atoms with Gasteiger partial charge in [-0.3, -0.25) is 4.79 Å². The molecule has 1 N–H and O–H groups in total. The van der Waals surface area contributed by atoms with Gasteiger partial charge in [-0.15, -0.1) is 11.3 Å². The minimum absolute atomic E-state index is 0.0708. The largest absolute Gasteiger partial charge is 0.493 e. The fourth-order valence-electron chi connectivity index (χ4n) is 4.07. The molecule has 0 bridgehead atoms. The fourth-order valence-corrected chi connectivity index (χ4v) is 4.86. The van der Waals surface area contributed by atoms with Crippen LogP contribution in [0.3, 0.4) is 0 Å². The molecular weight excluding hydrogens is 483 g/mol. The topological polar surface area (TPSA) is 60.5 Å². The first-order valence-corrected chi connectivity index (χ1v) is 11.6. The highest BCUT2D eigenvalue weighted by Crippen LogP contribution is 2.45. The second kappa shape index (κ2) is 8.96. The number of hydrogen-bond donors (Lipinski definition) is 1. The van der Waals surface area contributed by atoms with Crippen molar-refractivity contribution in [1.82, 2.24) is 4.98 Å². The summed E-state index contributed by atoms with van der Waals surface area (Å²) in [7, 11) is 1.58. The third-order valence-corrected chi connectivity index (χ3v) is 6.89. The Morgan fingerprint density at radius 3 is 2.87 bits per heavy atom. The van der Waals surface area contributed by atoms with E-state index in [0.29, 0.717) is 33.3 Å². The molecule has 162 valence electrons. The summed E-state index contributed by atoms with van der Waals surface area (Å²) in [5.74, 6) is 0.977. The van der Waals surface area contributed by atoms with E-state index in [1.165, 1.54) is 17.4 Å². The van der Waals surface area contributed by atoms with Gasteiger partial charge in [0.1, 0.15) is 11.6 Å². The lowest BCUT2D eigenvalue weighted by atomic mass is 9.69. The van der Waals surface area contributed by atoms with E-state index in [0.717, 1.165) is 30.4 Å². The maximum atomic E-state index is 14.0. The molecular formula is C23H22BrFN2O3S. The van der Waals surface area contributed by atoms with Crippen LogP contribution in [0.25, 0.3) is 0 Å². The highest BCUT2D eigenvalue weighted by atomic mass is 79.9. The Bertz CT molecular complexity index is 1110. The van der Waals surface area contributed by atoms with Gasteiger partial charge in [0, 0.05) is 29.5 Å². The second-order valence-corrected chi connectivity index (χ2v) is 9.56. The maximum Gasteiger partial charge on any atom is 0.227 e. The molecule has 1 amide bonds. The molecule has 0 saturated heterocycles. The van der Waals surface area contributed by atoms with Crippen LogP contribution < -0.4 is 14.8 Å². The molecule has 5 nitrogen and oxygen atoms in total. The van der Waals surface area contributed by atoms with E-state index < -0.39 is 5.82 Å². The van der Waals surface area contributed by atoms with Crippen molar-refractivity contribution in [1.29, 1.82) is 0 Å². The SMILES string of the molecule is COc1cc2c(cc1Oc1ccc(Br)c(F)c1)[C@@](C)(CC(=O)Nc1nccs1)CCC2. The van der Waals surface area contributed by atoms with Crippen LogP contribution in [0.2, 0.25) is 0 Å². The molecule has 0 saturated carbocycles. The molecule has 3 aromatic rings. The van der Waals surface area contributed by atoms with Crippen molar-refractivity contribution >= 4 is 38.3 Å². The van der Waals surface area contributed by atoms with Gasteiger partial charge in [0.2, 0.25) is 5.91 Å². The first-order chi connectivity index (χ1) is 14.9. The van der Waals surface area contributed by atoms with Crippen LogP contribution >= 0.6 is 27.3 Å². The number of ether oxygens (including phenoxy) is 2. The van der Waals surface area contributed by atoms with Crippen LogP contribution in [0.1, 0.15) is 37.3 Å². The summed E-state index contributed by atoms with van der Waals surface area (Å²) in [6.45, 7) is 2.10. The van der Waals surface area contributed by atoms with Crippen molar-refractivity contribution in [2.24, 2.45) is 0 Å². The van der Waals surface area contributed by atoms with E-state index >= 15 is 0 Å². The van der Waals surface area contributed by atoms with Crippen LogP contribution in [0.4, 0.5) is 9.52 Å². The van der Waals surface area contributed by atoms with Gasteiger partial charge in [0.15, 0.2) is 16.6 Å². The number of nitrogens with one attached hydrogen (secondary N) is 1. The number of carbonyl (C=O) groups excluding carboxylic acids is 1. The lowest BCUT2D eigenvalue weighted by molar-refractivity contribution is -0.117. The zero-order valence-corrected chi connectivity index (χ0v) is 19.6. The van der Waals surface area contributed by atoms with Gasteiger partial charge in [0.05, 0.1) is 11.6 Å². The zero-order chi connectivity index (χ0) is 22.0. The molecule has 0 aliphatic heterocycles. The maximum absolute atomic E-state index is 14.0. The summed E-state index contributed by atoms with van der Waals surface area (Å²) in [5, 5.41) is 5.31. The molecule has 0 spiro atoms. The van der Waals surface area contributed by atoms with Crippen LogP contribution in [0.15, 0.2) is 46.4 Å². The van der Waals surface area contributed by atoms with Gasteiger partial charge in [-0.25, -0.2) is 9.37 Å². The van der Waals surface area contributed by atoms with Gasteiger partial charge in [0.25, 0.3) is 0 Å². The number of methoxy groups -OCH3 is 1. The van der Waals surface area contributed by atoms with E-state index in [1.54, 1.807) is 25.4 Å². The molecule has 31 heavy (non-hydrogen) atoms. The molecule has 1 atom stereocenters. The van der Waals surface area contributed by atoms with E-state index in [1.807, 2.05) is 17.5 Å². The average Bonchev–Trinajstić information content (AvgIpc) is 3.23. The van der Waals surface area contributed by atoms with E-state index in [9.17, 15) is 9.18 Å². The predicted molar refractivity (Wildman–Crippen MR) is 123 cm³/mol. The number of halogens is 2. The van der Waals surface area contributed by atoms with Gasteiger partial charge < -0.3 is 14.8 Å². The second-order valence-electron chi connectivity index (χ2n) is 7.81. The number of thiazole rings is 1. The Labute approximate surface area is 192 Å². The number of rotatable bonds is 6. The number of hydrogen-bond acceptors (Lipinski definition) is 5. The molecule has 0 unspecified atom stereocenters. The number of fused-ring (bicyclic) bond motifs is 1. The number of benzene rings is 2. The van der Waals surface area contributed by atoms with Crippen LogP contribution in [0, 0.1) is 5.82 Å². The summed E-state index contributed by atoms with van der Waals surface area (Å²) < 4.78 is 25.9. The molecule has 1 aromatic heterocycles. The first kappa shape index (κ1) is 21.8. The Morgan fingerprint density at radius 2 is 2.16 bits per heavy atom. The van der Waals surface area contributed by atoms with Crippen molar-refractivity contribution in [2.45, 2.75) is 38.0 Å². The molecule has 4 rings (SSSR count). The first-order valence-electron chi connectivity index (χ1n) is 9.91. The minimum Gasteiger partial charge on any atom is -0.493 e. The van der Waals surface area contributed by atoms with Crippen LogP contribution in [-0.4, -0.2) is 18.0 Å². The summed E-state index contributed by atoms with van der Waals surface area (Å²) in [6.07, 6.45) is 4.76. The molecule has 8 heteroatoms. The fraction of sp³-hybridized carbons (Fsp3) is 0.304. The van der Waals surface area contributed by atoms with Gasteiger partial charge in [-0.05, 0) is 70.6 Å². The van der Waals surface area contributed by atoms with Gasteiger partial charge >= 0.3 is 0 Å². The summed E-state index contributed by atoms with van der Waals surface area (Å²) in [6, 6.07) is 8.51. The standard InChI is InChI=1S/C23H22BrFN2O3S/c1-23(13-21(28)27-22-26-8-9-31-22)7-3-4-14-10-19(29-2)20(12-16(14)23)30-15-5-6-17(24)18(25)11-15/h5-6,8-12H,3-4,7,13H2,1-2H3,(H,26,27,28)/t23-/m1/s1. The number of carbonyl (C=O) groups is 1. The van der Waals surface area contributed by atoms with E-state index in [4.69, 9.17) is 9.47 Å². The van der Waals surface area contributed by atoms with E-state index in [2.05, 4.69) is 33.2 Å². The summed E-state index contributed by atoms with van der Waals surface area (Å²) in [5.41, 5.74) is 1.84. The summed E-state index contributed by atoms with van der Waals surface area (Å²) >= 11 is 4.55. The number of aromatic nitrogens is 1. The monoisotopic (exact) mass is 504 g/mol. The minimum atomic E-state index is -0.405. The van der Waals surface area contributed by atoms with Crippen molar-refractivity contribution in [2.75, 3.05) is 12.4 Å². The highest BCUT2D eigenvalue weighted by Gasteiger charge is 2.35. The van der Waals surface area contributed by atoms with Gasteiger partial charge in [-0.1, -0.05) is 6.92 Å². The molecule has 1 aliphatic carbocycles. The molecule has 0 fully saturated rings. The Balaban J connectivity index is 1.65. The lowest BCUT2D eigenvalue weighted by Crippen LogP contribution is -2.32. The van der Waals surface area contributed by atoms with Crippen molar-refractivity contribution < 1.29 is 18.7 Å². The Kier molecular flexibility index (Phi) is 6.29. The van der Waals surface area contributed by atoms with Crippen molar-refractivity contribution in [3.05, 3.63) is 63.3 Å². The highest BCUT2D eigenvalue weighted by molar-refractivity contribution is 9.10. The van der Waals surface area contributed by atoms with Crippen LogP contribution in [0.5, 0.6) is 17.2 Å². The molecule has 1 aliphatic rings. The third-order valence-electron chi connectivity index (χ3n) is 5.56. The smallest absolute Gasteiger partial charge is 0.227 e. The normalized spacial score (nSPS) is 17.7. The van der Waals surface area contributed by atoms with Gasteiger partial charge in [-0.2, -0.15) is 0 Å². The average molecular weight is 505 g/mol. The quantitative estimate of drug-likeness (QED) is 0.417. The number of nitrogens with zero attached hydrogens (tertiary/aromatic N) is 1. The molecule has 2 aromatic carbocycles. The van der Waals surface area contributed by atoms with Crippen LogP contribution in [-0.2, 0) is 16.6 Å². The van der Waals surface area contributed by atoms with Crippen molar-refractivity contribution in [3.63, 3.8) is 0 Å². The zero-order valence-electron chi connectivity index (χ0n) is 17.2. The number of amides is 1. The third kappa shape index (κ3) is 4.75. The Hall–Kier alpha value is -2.45.